The van der Waals surface area contributed by atoms with Gasteiger partial charge in [0.1, 0.15) is 5.76 Å². The van der Waals surface area contributed by atoms with Gasteiger partial charge in [0, 0.05) is 6.08 Å². The van der Waals surface area contributed by atoms with Crippen LogP contribution in [0.2, 0.25) is 0 Å². The molecule has 0 aliphatic carbocycles. The van der Waals surface area contributed by atoms with Gasteiger partial charge in [-0.15, -0.1) is 0 Å². The number of cyclic esters (lactones) is 1. The standard InChI is InChI=1S/C9H12O2/c1-2-3-4-5-8-6-7-9(10)11-8/h5-7H,2-4H2,1H3. The van der Waals surface area contributed by atoms with Crippen molar-refractivity contribution in [3.8, 4) is 0 Å². The van der Waals surface area contributed by atoms with Gasteiger partial charge in [0.05, 0.1) is 0 Å². The molecule has 0 saturated heterocycles. The van der Waals surface area contributed by atoms with Crippen LogP contribution in [0.5, 0.6) is 0 Å². The highest BCUT2D eigenvalue weighted by Gasteiger charge is 2.07. The fraction of sp³-hybridized carbons (Fsp3) is 0.444. The Morgan fingerprint density at radius 1 is 1.55 bits per heavy atom. The lowest BCUT2D eigenvalue weighted by Gasteiger charge is -1.94. The molecule has 0 atom stereocenters. The summed E-state index contributed by atoms with van der Waals surface area (Å²) in [6.45, 7) is 2.13. The maximum absolute atomic E-state index is 10.5. The summed E-state index contributed by atoms with van der Waals surface area (Å²) in [6.07, 6.45) is 8.40. The number of hydrogen-bond donors (Lipinski definition) is 0. The molecule has 0 aromatic rings. The minimum atomic E-state index is -0.257. The molecule has 2 heteroatoms. The fourth-order valence-corrected chi connectivity index (χ4v) is 0.893. The van der Waals surface area contributed by atoms with E-state index in [9.17, 15) is 4.79 Å². The monoisotopic (exact) mass is 152 g/mol. The summed E-state index contributed by atoms with van der Waals surface area (Å²) in [5, 5.41) is 0. The van der Waals surface area contributed by atoms with Crippen molar-refractivity contribution in [3.63, 3.8) is 0 Å². The molecular formula is C9H12O2. The van der Waals surface area contributed by atoms with E-state index >= 15 is 0 Å². The van der Waals surface area contributed by atoms with Crippen molar-refractivity contribution < 1.29 is 9.53 Å². The van der Waals surface area contributed by atoms with Gasteiger partial charge in [-0.1, -0.05) is 13.3 Å². The highest BCUT2D eigenvalue weighted by atomic mass is 16.5. The number of rotatable bonds is 3. The molecule has 11 heavy (non-hydrogen) atoms. The van der Waals surface area contributed by atoms with Crippen LogP contribution in [0.25, 0.3) is 0 Å². The van der Waals surface area contributed by atoms with Crippen molar-refractivity contribution in [1.29, 1.82) is 0 Å². The number of carbonyl (C=O) groups is 1. The average molecular weight is 152 g/mol. The first kappa shape index (κ1) is 8.05. The third kappa shape index (κ3) is 2.58. The summed E-state index contributed by atoms with van der Waals surface area (Å²) in [5.41, 5.74) is 0. The largest absolute Gasteiger partial charge is 0.424 e. The molecule has 1 heterocycles. The number of carbonyl (C=O) groups excluding carboxylic acids is 1. The Kier molecular flexibility index (Phi) is 2.90. The molecule has 0 unspecified atom stereocenters. The molecule has 0 aromatic heterocycles. The molecule has 1 aliphatic heterocycles. The van der Waals surface area contributed by atoms with Gasteiger partial charge in [0.25, 0.3) is 0 Å². The van der Waals surface area contributed by atoms with Crippen molar-refractivity contribution >= 4 is 5.97 Å². The van der Waals surface area contributed by atoms with Gasteiger partial charge >= 0.3 is 5.97 Å². The topological polar surface area (TPSA) is 26.3 Å². The van der Waals surface area contributed by atoms with Crippen LogP contribution in [-0.4, -0.2) is 5.97 Å². The quantitative estimate of drug-likeness (QED) is 0.457. The lowest BCUT2D eigenvalue weighted by Crippen LogP contribution is -1.89. The summed E-state index contributed by atoms with van der Waals surface area (Å²) < 4.78 is 4.82. The maximum Gasteiger partial charge on any atom is 0.336 e. The second-order valence-corrected chi connectivity index (χ2v) is 2.50. The first-order valence-corrected chi connectivity index (χ1v) is 3.93. The third-order valence-electron chi connectivity index (χ3n) is 1.51. The molecular weight excluding hydrogens is 140 g/mol. The van der Waals surface area contributed by atoms with Crippen LogP contribution in [-0.2, 0) is 9.53 Å². The zero-order chi connectivity index (χ0) is 8.10. The SMILES string of the molecule is CCCCC=C1C=CC(=O)O1. The Morgan fingerprint density at radius 2 is 2.36 bits per heavy atom. The predicted molar refractivity (Wildman–Crippen MR) is 42.8 cm³/mol. The van der Waals surface area contributed by atoms with Crippen LogP contribution in [0.1, 0.15) is 26.2 Å². The predicted octanol–water partition coefficient (Wildman–Crippen LogP) is 2.17. The molecule has 60 valence electrons. The Morgan fingerprint density at radius 3 is 2.91 bits per heavy atom. The molecule has 2 nitrogen and oxygen atoms in total. The number of unbranched alkanes of at least 4 members (excludes halogenated alkanes) is 2. The lowest BCUT2D eigenvalue weighted by atomic mass is 10.2. The molecule has 0 bridgehead atoms. The molecule has 0 radical (unpaired) electrons. The van der Waals surface area contributed by atoms with Crippen molar-refractivity contribution in [3.05, 3.63) is 24.0 Å². The molecule has 0 N–H and O–H groups in total. The zero-order valence-corrected chi connectivity index (χ0v) is 6.67. The molecule has 0 fully saturated rings. The van der Waals surface area contributed by atoms with E-state index in [4.69, 9.17) is 4.74 Å². The Balaban J connectivity index is 2.32. The van der Waals surface area contributed by atoms with E-state index in [1.54, 1.807) is 6.08 Å². The number of hydrogen-bond acceptors (Lipinski definition) is 2. The second-order valence-electron chi connectivity index (χ2n) is 2.50. The Hall–Kier alpha value is -1.05. The van der Waals surface area contributed by atoms with E-state index < -0.39 is 0 Å². The van der Waals surface area contributed by atoms with Crippen LogP contribution in [0.15, 0.2) is 24.0 Å². The minimum Gasteiger partial charge on any atom is -0.424 e. The molecule has 1 aliphatic rings. The molecule has 0 aromatic carbocycles. The number of allylic oxidation sites excluding steroid dienone is 2. The number of esters is 1. The number of ether oxygens (including phenoxy) is 1. The normalized spacial score (nSPS) is 19.4. The maximum atomic E-state index is 10.5. The molecule has 1 rings (SSSR count). The van der Waals surface area contributed by atoms with Crippen LogP contribution >= 0.6 is 0 Å². The molecule has 0 amide bonds. The van der Waals surface area contributed by atoms with Crippen LogP contribution < -0.4 is 0 Å². The highest BCUT2D eigenvalue weighted by molar-refractivity contribution is 5.86. The van der Waals surface area contributed by atoms with E-state index in [2.05, 4.69) is 6.92 Å². The van der Waals surface area contributed by atoms with Crippen molar-refractivity contribution in [2.24, 2.45) is 0 Å². The van der Waals surface area contributed by atoms with Crippen molar-refractivity contribution in [2.75, 3.05) is 0 Å². The summed E-state index contributed by atoms with van der Waals surface area (Å²) in [6, 6.07) is 0. The minimum absolute atomic E-state index is 0.257. The molecule has 0 spiro atoms. The zero-order valence-electron chi connectivity index (χ0n) is 6.67. The lowest BCUT2D eigenvalue weighted by molar-refractivity contribution is -0.132. The van der Waals surface area contributed by atoms with Gasteiger partial charge in [-0.05, 0) is 25.0 Å². The summed E-state index contributed by atoms with van der Waals surface area (Å²) in [5.74, 6) is 0.441. The van der Waals surface area contributed by atoms with E-state index in [1.807, 2.05) is 6.08 Å². The summed E-state index contributed by atoms with van der Waals surface area (Å²) in [7, 11) is 0. The molecule has 0 saturated carbocycles. The summed E-state index contributed by atoms with van der Waals surface area (Å²) in [4.78, 5) is 10.5. The van der Waals surface area contributed by atoms with Crippen LogP contribution in [0.4, 0.5) is 0 Å². The van der Waals surface area contributed by atoms with Gasteiger partial charge < -0.3 is 4.74 Å². The Labute approximate surface area is 66.5 Å². The van der Waals surface area contributed by atoms with Gasteiger partial charge in [-0.25, -0.2) is 4.79 Å². The van der Waals surface area contributed by atoms with Gasteiger partial charge in [0.2, 0.25) is 0 Å². The fourth-order valence-electron chi connectivity index (χ4n) is 0.893. The van der Waals surface area contributed by atoms with E-state index in [-0.39, 0.29) is 5.97 Å². The first-order valence-electron chi connectivity index (χ1n) is 3.93. The van der Waals surface area contributed by atoms with Gasteiger partial charge in [0.15, 0.2) is 0 Å². The Bertz CT molecular complexity index is 202. The van der Waals surface area contributed by atoms with Gasteiger partial charge in [-0.2, -0.15) is 0 Å². The van der Waals surface area contributed by atoms with E-state index in [1.165, 1.54) is 12.5 Å². The first-order chi connectivity index (χ1) is 5.33. The average Bonchev–Trinajstić information content (AvgIpc) is 2.37. The van der Waals surface area contributed by atoms with E-state index in [0.29, 0.717) is 5.76 Å². The van der Waals surface area contributed by atoms with Gasteiger partial charge in [-0.3, -0.25) is 0 Å². The third-order valence-corrected chi connectivity index (χ3v) is 1.51. The van der Waals surface area contributed by atoms with Crippen molar-refractivity contribution in [1.82, 2.24) is 0 Å². The summed E-state index contributed by atoms with van der Waals surface area (Å²) >= 11 is 0. The van der Waals surface area contributed by atoms with Crippen molar-refractivity contribution in [2.45, 2.75) is 26.2 Å². The highest BCUT2D eigenvalue weighted by Crippen LogP contribution is 2.10. The van der Waals surface area contributed by atoms with Crippen LogP contribution in [0, 0.1) is 0 Å². The van der Waals surface area contributed by atoms with E-state index in [0.717, 1.165) is 12.8 Å². The second kappa shape index (κ2) is 3.96. The smallest absolute Gasteiger partial charge is 0.336 e. The van der Waals surface area contributed by atoms with Crippen LogP contribution in [0.3, 0.4) is 0 Å².